The van der Waals surface area contributed by atoms with Crippen molar-refractivity contribution in [2.75, 3.05) is 18.0 Å². The third-order valence-corrected chi connectivity index (χ3v) is 4.22. The molecule has 1 nitrogen and oxygen atoms in total. The molecule has 1 heterocycles. The highest BCUT2D eigenvalue weighted by atomic mass is 79.9. The Labute approximate surface area is 101 Å². The normalized spacial score (nSPS) is 18.7. The Morgan fingerprint density at radius 1 is 1.27 bits per heavy atom. The van der Waals surface area contributed by atoms with Gasteiger partial charge < -0.3 is 4.90 Å². The lowest BCUT2D eigenvalue weighted by Crippen LogP contribution is -2.55. The minimum absolute atomic E-state index is 0.586. The van der Waals surface area contributed by atoms with Crippen LogP contribution in [0.15, 0.2) is 28.7 Å². The maximum Gasteiger partial charge on any atom is 0.0377 e. The maximum atomic E-state index is 3.52. The van der Waals surface area contributed by atoms with E-state index in [0.29, 0.717) is 5.41 Å². The molecule has 0 bridgehead atoms. The van der Waals surface area contributed by atoms with E-state index < -0.39 is 0 Å². The highest BCUT2D eigenvalue weighted by Gasteiger charge is 2.39. The van der Waals surface area contributed by atoms with Crippen LogP contribution in [-0.2, 0) is 0 Å². The van der Waals surface area contributed by atoms with Gasteiger partial charge >= 0.3 is 0 Å². The average Bonchev–Trinajstić information content (AvgIpc) is 2.18. The van der Waals surface area contributed by atoms with Gasteiger partial charge in [-0.25, -0.2) is 0 Å². The van der Waals surface area contributed by atoms with Crippen molar-refractivity contribution in [3.05, 3.63) is 28.7 Å². The number of anilines is 1. The summed E-state index contributed by atoms with van der Waals surface area (Å²) < 4.78 is 1.17. The highest BCUT2D eigenvalue weighted by molar-refractivity contribution is 9.10. The van der Waals surface area contributed by atoms with Crippen LogP contribution in [0.25, 0.3) is 0 Å². The Morgan fingerprint density at radius 3 is 2.47 bits per heavy atom. The smallest absolute Gasteiger partial charge is 0.0377 e. The molecule has 0 radical (unpaired) electrons. The van der Waals surface area contributed by atoms with E-state index in [1.165, 1.54) is 36.1 Å². The highest BCUT2D eigenvalue weighted by Crippen LogP contribution is 2.40. The van der Waals surface area contributed by atoms with Crippen molar-refractivity contribution >= 4 is 21.6 Å². The predicted molar refractivity (Wildman–Crippen MR) is 69.4 cm³/mol. The van der Waals surface area contributed by atoms with Crippen LogP contribution in [-0.4, -0.2) is 13.1 Å². The molecule has 1 aliphatic rings. The number of hydrogen-bond donors (Lipinski definition) is 0. The molecule has 1 saturated heterocycles. The SMILES string of the molecule is CCC1(CC)CN(c2cccc(Br)c2)C1. The fourth-order valence-corrected chi connectivity index (χ4v) is 2.70. The molecule has 2 heteroatoms. The summed E-state index contributed by atoms with van der Waals surface area (Å²) in [4.78, 5) is 2.47. The van der Waals surface area contributed by atoms with Gasteiger partial charge in [0.25, 0.3) is 0 Å². The summed E-state index contributed by atoms with van der Waals surface area (Å²) in [7, 11) is 0. The third kappa shape index (κ3) is 2.05. The van der Waals surface area contributed by atoms with Crippen LogP contribution in [0, 0.1) is 5.41 Å². The molecule has 15 heavy (non-hydrogen) atoms. The van der Waals surface area contributed by atoms with E-state index in [0.717, 1.165) is 0 Å². The van der Waals surface area contributed by atoms with E-state index >= 15 is 0 Å². The lowest BCUT2D eigenvalue weighted by molar-refractivity contribution is 0.194. The van der Waals surface area contributed by atoms with Gasteiger partial charge in [-0.2, -0.15) is 0 Å². The van der Waals surface area contributed by atoms with E-state index in [1.54, 1.807) is 0 Å². The van der Waals surface area contributed by atoms with Gasteiger partial charge in [0, 0.05) is 28.7 Å². The molecule has 1 fully saturated rings. The molecule has 1 aromatic rings. The van der Waals surface area contributed by atoms with Gasteiger partial charge in [-0.15, -0.1) is 0 Å². The minimum Gasteiger partial charge on any atom is -0.370 e. The van der Waals surface area contributed by atoms with Gasteiger partial charge in [0.05, 0.1) is 0 Å². The Morgan fingerprint density at radius 2 is 1.93 bits per heavy atom. The molecular weight excluding hydrogens is 250 g/mol. The zero-order valence-electron chi connectivity index (χ0n) is 9.46. The summed E-state index contributed by atoms with van der Waals surface area (Å²) in [6, 6.07) is 8.59. The second kappa shape index (κ2) is 4.17. The molecule has 2 rings (SSSR count). The number of rotatable bonds is 3. The largest absolute Gasteiger partial charge is 0.370 e. The van der Waals surface area contributed by atoms with Crippen LogP contribution in [0.1, 0.15) is 26.7 Å². The first-order valence-electron chi connectivity index (χ1n) is 5.69. The van der Waals surface area contributed by atoms with Crippen molar-refractivity contribution in [3.8, 4) is 0 Å². The summed E-state index contributed by atoms with van der Waals surface area (Å²) in [5.41, 5.74) is 1.93. The molecule has 0 N–H and O–H groups in total. The Hall–Kier alpha value is -0.500. The van der Waals surface area contributed by atoms with Crippen LogP contribution in [0.2, 0.25) is 0 Å². The lowest BCUT2D eigenvalue weighted by Gasteiger charge is -2.51. The van der Waals surface area contributed by atoms with Gasteiger partial charge in [-0.3, -0.25) is 0 Å². The van der Waals surface area contributed by atoms with Crippen LogP contribution >= 0.6 is 15.9 Å². The van der Waals surface area contributed by atoms with Crippen LogP contribution in [0.4, 0.5) is 5.69 Å². The molecular formula is C13H18BrN. The molecule has 0 saturated carbocycles. The van der Waals surface area contributed by atoms with Gasteiger partial charge in [0.15, 0.2) is 0 Å². The summed E-state index contributed by atoms with van der Waals surface area (Å²) in [5, 5.41) is 0. The molecule has 0 spiro atoms. The minimum atomic E-state index is 0.586. The van der Waals surface area contributed by atoms with Crippen molar-refractivity contribution in [3.63, 3.8) is 0 Å². The second-order valence-corrected chi connectivity index (χ2v) is 5.46. The molecule has 0 amide bonds. The Kier molecular flexibility index (Phi) is 3.06. The lowest BCUT2D eigenvalue weighted by atomic mass is 9.75. The van der Waals surface area contributed by atoms with Gasteiger partial charge in [-0.1, -0.05) is 35.8 Å². The Balaban J connectivity index is 2.05. The van der Waals surface area contributed by atoms with E-state index in [-0.39, 0.29) is 0 Å². The second-order valence-electron chi connectivity index (χ2n) is 4.54. The van der Waals surface area contributed by atoms with E-state index in [4.69, 9.17) is 0 Å². The van der Waals surface area contributed by atoms with Crippen molar-refractivity contribution in [1.29, 1.82) is 0 Å². The monoisotopic (exact) mass is 267 g/mol. The first kappa shape index (κ1) is 11.0. The number of nitrogens with zero attached hydrogens (tertiary/aromatic N) is 1. The topological polar surface area (TPSA) is 3.24 Å². The quantitative estimate of drug-likeness (QED) is 0.798. The molecule has 0 aliphatic carbocycles. The fourth-order valence-electron chi connectivity index (χ4n) is 2.32. The van der Waals surface area contributed by atoms with E-state index in [2.05, 4.69) is 58.9 Å². The van der Waals surface area contributed by atoms with Crippen LogP contribution < -0.4 is 4.90 Å². The van der Waals surface area contributed by atoms with Crippen LogP contribution in [0.5, 0.6) is 0 Å². The molecule has 1 aliphatic heterocycles. The summed E-state index contributed by atoms with van der Waals surface area (Å²) >= 11 is 3.52. The first-order chi connectivity index (χ1) is 7.19. The van der Waals surface area contributed by atoms with Gasteiger partial charge in [0.1, 0.15) is 0 Å². The zero-order chi connectivity index (χ0) is 10.9. The zero-order valence-corrected chi connectivity index (χ0v) is 11.0. The predicted octanol–water partition coefficient (Wildman–Crippen LogP) is 4.08. The summed E-state index contributed by atoms with van der Waals surface area (Å²) in [5.74, 6) is 0. The molecule has 0 unspecified atom stereocenters. The third-order valence-electron chi connectivity index (χ3n) is 3.73. The number of hydrogen-bond acceptors (Lipinski definition) is 1. The Bertz CT molecular complexity index is 336. The average molecular weight is 268 g/mol. The maximum absolute atomic E-state index is 3.52. The van der Waals surface area contributed by atoms with Crippen molar-refractivity contribution < 1.29 is 0 Å². The van der Waals surface area contributed by atoms with Gasteiger partial charge in [0.2, 0.25) is 0 Å². The van der Waals surface area contributed by atoms with Crippen molar-refractivity contribution in [2.45, 2.75) is 26.7 Å². The summed E-state index contributed by atoms with van der Waals surface area (Å²) in [6.45, 7) is 7.05. The first-order valence-corrected chi connectivity index (χ1v) is 6.49. The number of halogens is 1. The van der Waals surface area contributed by atoms with Gasteiger partial charge in [-0.05, 0) is 31.0 Å². The van der Waals surface area contributed by atoms with E-state index in [9.17, 15) is 0 Å². The molecule has 82 valence electrons. The standard InChI is InChI=1S/C13H18BrN/c1-3-13(4-2)9-15(10-13)12-7-5-6-11(14)8-12/h5-8H,3-4,9-10H2,1-2H3. The van der Waals surface area contributed by atoms with Crippen molar-refractivity contribution in [2.24, 2.45) is 5.41 Å². The number of benzene rings is 1. The molecule has 1 aromatic carbocycles. The molecule has 0 aromatic heterocycles. The molecule has 0 atom stereocenters. The van der Waals surface area contributed by atoms with Crippen molar-refractivity contribution in [1.82, 2.24) is 0 Å². The fraction of sp³-hybridized carbons (Fsp3) is 0.538. The van der Waals surface area contributed by atoms with E-state index in [1.807, 2.05) is 0 Å². The summed E-state index contributed by atoms with van der Waals surface area (Å²) in [6.07, 6.45) is 2.60. The van der Waals surface area contributed by atoms with Crippen LogP contribution in [0.3, 0.4) is 0 Å².